The highest BCUT2D eigenvalue weighted by atomic mass is 16.7. The number of phenols is 1. The molecular weight excluding hydrogens is 532 g/mol. The van der Waals surface area contributed by atoms with E-state index in [0.717, 1.165) is 6.07 Å². The lowest BCUT2D eigenvalue weighted by Crippen LogP contribution is -2.64. The fraction of sp³-hybridized carbons (Fsp3) is 0.444. The first-order chi connectivity index (χ1) is 19.1. The van der Waals surface area contributed by atoms with Crippen LogP contribution in [0.2, 0.25) is 0 Å². The molecule has 1 aromatic heterocycles. The summed E-state index contributed by atoms with van der Waals surface area (Å²) in [5, 5.41) is 72.1. The maximum atomic E-state index is 12.7. The van der Waals surface area contributed by atoms with Crippen LogP contribution in [0.5, 0.6) is 11.5 Å². The van der Waals surface area contributed by atoms with Gasteiger partial charge in [-0.2, -0.15) is 0 Å². The average molecular weight is 563 g/mol. The SMILES string of the molecule is C[C@@H]1O[C@@H](O[C@H]2[C@H](O)[C@@H](O)[C@H](Oc3cc(O)c4c(=O)cc(-c5ccccc5)oc4c3)O[C@@H]2CO)[C@H](O)[C@H](O)[C@H]1O. The van der Waals surface area contributed by atoms with Crippen LogP contribution in [0.1, 0.15) is 6.92 Å². The standard InChI is InChI=1S/C27H30O13/c1-11-20(31)21(32)23(34)26(36-11)40-25-18(10-28)39-27(24(35)22(25)33)37-13-7-14(29)19-15(30)9-16(38-17(19)8-13)12-5-3-2-4-6-12/h2-9,11,18,20-29,31-35H,10H2,1H3/t11-,18+,20-,21+,22+,23+,24+,25+,26-,27+/m0/s1. The summed E-state index contributed by atoms with van der Waals surface area (Å²) in [5.74, 6) is -0.286. The molecule has 0 radical (unpaired) electrons. The first kappa shape index (κ1) is 28.4. The van der Waals surface area contributed by atoms with E-state index in [0.29, 0.717) is 5.56 Å². The Bertz CT molecular complexity index is 1380. The van der Waals surface area contributed by atoms with Gasteiger partial charge in [-0.15, -0.1) is 0 Å². The minimum Gasteiger partial charge on any atom is -0.507 e. The van der Waals surface area contributed by atoms with Crippen molar-refractivity contribution in [1.29, 1.82) is 0 Å². The molecule has 2 aliphatic rings. The molecule has 40 heavy (non-hydrogen) atoms. The molecule has 0 aliphatic carbocycles. The zero-order chi connectivity index (χ0) is 28.7. The molecule has 0 saturated carbocycles. The van der Waals surface area contributed by atoms with Gasteiger partial charge in [-0.05, 0) is 6.92 Å². The fourth-order valence-electron chi connectivity index (χ4n) is 4.79. The molecule has 0 spiro atoms. The summed E-state index contributed by atoms with van der Waals surface area (Å²) in [7, 11) is 0. The van der Waals surface area contributed by atoms with E-state index in [2.05, 4.69) is 0 Å². The molecule has 3 aromatic rings. The summed E-state index contributed by atoms with van der Waals surface area (Å²) in [4.78, 5) is 12.7. The molecule has 13 nitrogen and oxygen atoms in total. The van der Waals surface area contributed by atoms with Crippen molar-refractivity contribution in [3.8, 4) is 22.8 Å². The van der Waals surface area contributed by atoms with Gasteiger partial charge in [0.05, 0.1) is 12.7 Å². The molecule has 10 atom stereocenters. The van der Waals surface area contributed by atoms with Gasteiger partial charge in [0.25, 0.3) is 0 Å². The van der Waals surface area contributed by atoms with E-state index in [-0.39, 0.29) is 22.5 Å². The Balaban J connectivity index is 1.37. The summed E-state index contributed by atoms with van der Waals surface area (Å²) < 4.78 is 28.1. The van der Waals surface area contributed by atoms with Gasteiger partial charge in [0.15, 0.2) is 11.7 Å². The van der Waals surface area contributed by atoms with Crippen molar-refractivity contribution in [2.24, 2.45) is 0 Å². The Kier molecular flexibility index (Phi) is 8.10. The quantitative estimate of drug-likeness (QED) is 0.196. The van der Waals surface area contributed by atoms with E-state index in [1.807, 2.05) is 0 Å². The molecule has 2 saturated heterocycles. The molecule has 2 fully saturated rings. The van der Waals surface area contributed by atoms with Crippen LogP contribution in [-0.2, 0) is 14.2 Å². The highest BCUT2D eigenvalue weighted by molar-refractivity contribution is 5.86. The summed E-state index contributed by atoms with van der Waals surface area (Å²) >= 11 is 0. The van der Waals surface area contributed by atoms with Crippen molar-refractivity contribution in [1.82, 2.24) is 0 Å². The minimum absolute atomic E-state index is 0.00887. The van der Waals surface area contributed by atoms with Crippen LogP contribution >= 0.6 is 0 Å². The zero-order valence-corrected chi connectivity index (χ0v) is 21.2. The molecule has 7 N–H and O–H groups in total. The summed E-state index contributed by atoms with van der Waals surface area (Å²) in [5.41, 5.74) is 0.125. The number of rotatable bonds is 6. The van der Waals surface area contributed by atoms with Gasteiger partial charge in [0.1, 0.15) is 71.0 Å². The second-order valence-corrected chi connectivity index (χ2v) is 9.76. The lowest BCUT2D eigenvalue weighted by atomic mass is 9.97. The highest BCUT2D eigenvalue weighted by Crippen LogP contribution is 2.34. The monoisotopic (exact) mass is 562 g/mol. The summed E-state index contributed by atoms with van der Waals surface area (Å²) in [6, 6.07) is 12.5. The van der Waals surface area contributed by atoms with Crippen LogP contribution in [0, 0.1) is 0 Å². The van der Waals surface area contributed by atoms with Crippen molar-refractivity contribution >= 4 is 11.0 Å². The predicted octanol–water partition coefficient (Wildman–Crippen LogP) is -0.804. The Labute approximate surface area is 227 Å². The van der Waals surface area contributed by atoms with Crippen LogP contribution in [0.25, 0.3) is 22.3 Å². The molecule has 0 bridgehead atoms. The molecular formula is C27H30O13. The van der Waals surface area contributed by atoms with Gasteiger partial charge in [-0.1, -0.05) is 30.3 Å². The van der Waals surface area contributed by atoms with E-state index in [1.54, 1.807) is 30.3 Å². The number of aliphatic hydroxyl groups excluding tert-OH is 6. The Morgan fingerprint density at radius 1 is 0.850 bits per heavy atom. The van der Waals surface area contributed by atoms with E-state index in [1.165, 1.54) is 19.1 Å². The summed E-state index contributed by atoms with van der Waals surface area (Å²) in [6.07, 6.45) is -14.9. The van der Waals surface area contributed by atoms with Crippen molar-refractivity contribution in [2.45, 2.75) is 68.3 Å². The van der Waals surface area contributed by atoms with Gasteiger partial charge in [0.2, 0.25) is 6.29 Å². The van der Waals surface area contributed by atoms with Crippen LogP contribution in [0.3, 0.4) is 0 Å². The lowest BCUT2D eigenvalue weighted by molar-refractivity contribution is -0.349. The number of ether oxygens (including phenoxy) is 4. The molecule has 0 amide bonds. The third kappa shape index (κ3) is 5.31. The topological polar surface area (TPSA) is 209 Å². The largest absolute Gasteiger partial charge is 0.507 e. The van der Waals surface area contributed by atoms with Crippen LogP contribution < -0.4 is 10.2 Å². The second kappa shape index (κ2) is 11.4. The third-order valence-electron chi connectivity index (χ3n) is 7.01. The number of benzene rings is 2. The first-order valence-electron chi connectivity index (χ1n) is 12.6. The third-order valence-corrected chi connectivity index (χ3v) is 7.01. The number of hydrogen-bond acceptors (Lipinski definition) is 13. The minimum atomic E-state index is -1.76. The van der Waals surface area contributed by atoms with Crippen molar-refractivity contribution in [2.75, 3.05) is 6.61 Å². The summed E-state index contributed by atoms with van der Waals surface area (Å²) in [6.45, 7) is 0.728. The number of phenolic OH excluding ortho intramolecular Hbond substituents is 1. The van der Waals surface area contributed by atoms with Crippen molar-refractivity contribution < 1.29 is 59.1 Å². The molecule has 0 unspecified atom stereocenters. The second-order valence-electron chi connectivity index (χ2n) is 9.76. The maximum absolute atomic E-state index is 12.7. The number of aliphatic hydroxyl groups is 6. The van der Waals surface area contributed by atoms with Crippen molar-refractivity contribution in [3.05, 3.63) is 58.8 Å². The Morgan fingerprint density at radius 2 is 1.55 bits per heavy atom. The molecule has 3 heterocycles. The van der Waals surface area contributed by atoms with Gasteiger partial charge in [-0.25, -0.2) is 0 Å². The van der Waals surface area contributed by atoms with E-state index in [4.69, 9.17) is 23.4 Å². The van der Waals surface area contributed by atoms with E-state index >= 15 is 0 Å². The maximum Gasteiger partial charge on any atom is 0.229 e. The zero-order valence-electron chi connectivity index (χ0n) is 21.2. The number of hydrogen-bond donors (Lipinski definition) is 7. The highest BCUT2D eigenvalue weighted by Gasteiger charge is 2.50. The molecule has 13 heteroatoms. The Hall–Kier alpha value is -3.11. The van der Waals surface area contributed by atoms with E-state index in [9.17, 15) is 40.5 Å². The Morgan fingerprint density at radius 3 is 2.25 bits per heavy atom. The number of aromatic hydroxyl groups is 1. The predicted molar refractivity (Wildman–Crippen MR) is 135 cm³/mol. The fourth-order valence-corrected chi connectivity index (χ4v) is 4.79. The van der Waals surface area contributed by atoms with Crippen LogP contribution in [0.4, 0.5) is 0 Å². The molecule has 5 rings (SSSR count). The van der Waals surface area contributed by atoms with Gasteiger partial charge in [0, 0.05) is 23.8 Å². The van der Waals surface area contributed by atoms with Gasteiger partial charge < -0.3 is 59.1 Å². The molecule has 2 aliphatic heterocycles. The first-order valence-corrected chi connectivity index (χ1v) is 12.6. The molecule has 216 valence electrons. The smallest absolute Gasteiger partial charge is 0.229 e. The normalized spacial score (nSPS) is 34.6. The van der Waals surface area contributed by atoms with Gasteiger partial charge >= 0.3 is 0 Å². The molecule has 2 aromatic carbocycles. The van der Waals surface area contributed by atoms with E-state index < -0.39 is 79.2 Å². The van der Waals surface area contributed by atoms with Crippen molar-refractivity contribution in [3.63, 3.8) is 0 Å². The average Bonchev–Trinajstić information content (AvgIpc) is 2.94. The number of fused-ring (bicyclic) bond motifs is 1. The van der Waals surface area contributed by atoms with Crippen LogP contribution in [-0.4, -0.2) is 104 Å². The van der Waals surface area contributed by atoms with Gasteiger partial charge in [-0.3, -0.25) is 4.79 Å². The van der Waals surface area contributed by atoms with Crippen LogP contribution in [0.15, 0.2) is 57.7 Å². The lowest BCUT2D eigenvalue weighted by Gasteiger charge is -2.45.